The molecule has 0 atom stereocenters. The largest absolute Gasteiger partial charge is 0.480 e. The third-order valence-electron chi connectivity index (χ3n) is 2.89. The maximum atomic E-state index is 11.9. The lowest BCUT2D eigenvalue weighted by molar-refractivity contribution is -0.156. The van der Waals surface area contributed by atoms with Crippen molar-refractivity contribution in [3.05, 3.63) is 0 Å². The van der Waals surface area contributed by atoms with Crippen molar-refractivity contribution in [3.63, 3.8) is 0 Å². The van der Waals surface area contributed by atoms with Crippen LogP contribution >= 0.6 is 11.8 Å². The quantitative estimate of drug-likeness (QED) is 0.760. The zero-order valence-corrected chi connectivity index (χ0v) is 10.9. The van der Waals surface area contributed by atoms with Crippen LogP contribution in [0.2, 0.25) is 0 Å². The van der Waals surface area contributed by atoms with Crippen molar-refractivity contribution in [3.8, 4) is 0 Å². The summed E-state index contributed by atoms with van der Waals surface area (Å²) in [6.07, 6.45) is 0. The lowest BCUT2D eigenvalue weighted by atomic mass is 10.0. The summed E-state index contributed by atoms with van der Waals surface area (Å²) in [5, 5.41) is 8.99. The van der Waals surface area contributed by atoms with Crippen molar-refractivity contribution in [1.29, 1.82) is 0 Å². The van der Waals surface area contributed by atoms with Gasteiger partial charge in [-0.2, -0.15) is 0 Å². The fraction of sp³-hybridized carbons (Fsp3) is 0.700. The van der Waals surface area contributed by atoms with Gasteiger partial charge in [0.15, 0.2) is 0 Å². The summed E-state index contributed by atoms with van der Waals surface area (Å²) >= 11 is 1.45. The van der Waals surface area contributed by atoms with Gasteiger partial charge in [0.2, 0.25) is 11.8 Å². The van der Waals surface area contributed by atoms with Gasteiger partial charge < -0.3 is 14.9 Å². The Labute approximate surface area is 104 Å². The minimum absolute atomic E-state index is 0.0565. The Kier molecular flexibility index (Phi) is 4.03. The molecule has 0 aliphatic carbocycles. The number of hydrogen-bond acceptors (Lipinski definition) is 4. The molecule has 1 aliphatic rings. The van der Waals surface area contributed by atoms with E-state index in [9.17, 15) is 14.4 Å². The van der Waals surface area contributed by atoms with E-state index in [1.807, 2.05) is 0 Å². The first-order chi connectivity index (χ1) is 7.76. The van der Waals surface area contributed by atoms with Gasteiger partial charge in [0.05, 0.1) is 11.6 Å². The standard InChI is InChI=1S/C10H16N2O4S/c1-10(2,9(15)16)11(3)7(13)4-12-6-17-5-8(12)14/h4-6H2,1-3H3,(H,15,16). The van der Waals surface area contributed by atoms with Crippen molar-refractivity contribution < 1.29 is 19.5 Å². The first-order valence-corrected chi connectivity index (χ1v) is 6.28. The highest BCUT2D eigenvalue weighted by atomic mass is 32.2. The highest BCUT2D eigenvalue weighted by Crippen LogP contribution is 2.17. The van der Waals surface area contributed by atoms with Crippen molar-refractivity contribution >= 4 is 29.5 Å². The number of thioether (sulfide) groups is 1. The summed E-state index contributed by atoms with van der Waals surface area (Å²) in [6.45, 7) is 2.85. The Hall–Kier alpha value is -1.24. The average Bonchev–Trinajstić information content (AvgIpc) is 2.63. The van der Waals surface area contributed by atoms with Crippen LogP contribution in [0.15, 0.2) is 0 Å². The number of carboxylic acids is 1. The lowest BCUT2D eigenvalue weighted by Crippen LogP contribution is -2.53. The van der Waals surface area contributed by atoms with E-state index in [2.05, 4.69) is 0 Å². The summed E-state index contributed by atoms with van der Waals surface area (Å²) in [5.41, 5.74) is -1.27. The summed E-state index contributed by atoms with van der Waals surface area (Å²) in [4.78, 5) is 36.8. The molecule has 1 rings (SSSR count). The second kappa shape index (κ2) is 4.95. The van der Waals surface area contributed by atoms with E-state index in [1.165, 1.54) is 37.6 Å². The minimum Gasteiger partial charge on any atom is -0.480 e. The third kappa shape index (κ3) is 2.91. The van der Waals surface area contributed by atoms with E-state index in [0.29, 0.717) is 11.6 Å². The fourth-order valence-electron chi connectivity index (χ4n) is 1.26. The Morgan fingerprint density at radius 3 is 2.53 bits per heavy atom. The van der Waals surface area contributed by atoms with Crippen molar-refractivity contribution in [1.82, 2.24) is 9.80 Å². The van der Waals surface area contributed by atoms with E-state index in [1.54, 1.807) is 0 Å². The van der Waals surface area contributed by atoms with Gasteiger partial charge in [0.25, 0.3) is 0 Å². The monoisotopic (exact) mass is 260 g/mol. The molecule has 0 unspecified atom stereocenters. The van der Waals surface area contributed by atoms with Crippen LogP contribution in [0, 0.1) is 0 Å². The number of aliphatic carboxylic acids is 1. The van der Waals surface area contributed by atoms with E-state index >= 15 is 0 Å². The number of hydrogen-bond donors (Lipinski definition) is 1. The molecular formula is C10H16N2O4S. The van der Waals surface area contributed by atoms with Crippen LogP contribution in [0.3, 0.4) is 0 Å². The lowest BCUT2D eigenvalue weighted by Gasteiger charge is -2.32. The number of rotatable bonds is 4. The smallest absolute Gasteiger partial charge is 0.329 e. The van der Waals surface area contributed by atoms with Gasteiger partial charge in [-0.3, -0.25) is 9.59 Å². The van der Waals surface area contributed by atoms with Gasteiger partial charge in [-0.05, 0) is 13.8 Å². The predicted octanol–water partition coefficient (Wildman–Crippen LogP) is -0.159. The molecular weight excluding hydrogens is 244 g/mol. The van der Waals surface area contributed by atoms with E-state index in [4.69, 9.17) is 5.11 Å². The van der Waals surface area contributed by atoms with Crippen LogP contribution in [0.5, 0.6) is 0 Å². The third-order valence-corrected chi connectivity index (χ3v) is 3.83. The number of carbonyl (C=O) groups excluding carboxylic acids is 2. The summed E-state index contributed by atoms with van der Waals surface area (Å²) in [5.74, 6) is -0.640. The Bertz CT molecular complexity index is 356. The van der Waals surface area contributed by atoms with Crippen LogP contribution in [0.4, 0.5) is 0 Å². The molecule has 17 heavy (non-hydrogen) atoms. The SMILES string of the molecule is CN(C(=O)CN1CSCC1=O)C(C)(C)C(=O)O. The van der Waals surface area contributed by atoms with Crippen LogP contribution in [-0.4, -0.2) is 63.5 Å². The molecule has 1 fully saturated rings. The van der Waals surface area contributed by atoms with Crippen molar-refractivity contribution in [2.75, 3.05) is 25.2 Å². The zero-order valence-electron chi connectivity index (χ0n) is 10.1. The highest BCUT2D eigenvalue weighted by molar-refractivity contribution is 8.00. The molecule has 7 heteroatoms. The van der Waals surface area contributed by atoms with Gasteiger partial charge in [0, 0.05) is 7.05 Å². The van der Waals surface area contributed by atoms with E-state index in [-0.39, 0.29) is 18.4 Å². The fourth-order valence-corrected chi connectivity index (χ4v) is 2.17. The molecule has 1 N–H and O–H groups in total. The molecule has 0 spiro atoms. The van der Waals surface area contributed by atoms with Crippen LogP contribution in [0.25, 0.3) is 0 Å². The number of carbonyl (C=O) groups is 3. The van der Waals surface area contributed by atoms with Gasteiger partial charge in [-0.15, -0.1) is 11.8 Å². The Morgan fingerprint density at radius 2 is 2.12 bits per heavy atom. The summed E-state index contributed by atoms with van der Waals surface area (Å²) in [6, 6.07) is 0. The number of carboxylic acid groups (broad SMARTS) is 1. The maximum Gasteiger partial charge on any atom is 0.329 e. The molecule has 0 aromatic rings. The molecule has 0 aromatic carbocycles. The normalized spacial score (nSPS) is 16.2. The van der Waals surface area contributed by atoms with Gasteiger partial charge in [0.1, 0.15) is 12.1 Å². The maximum absolute atomic E-state index is 11.9. The van der Waals surface area contributed by atoms with E-state index in [0.717, 1.165) is 4.90 Å². The second-order valence-corrected chi connectivity index (χ2v) is 5.34. The van der Waals surface area contributed by atoms with Crippen molar-refractivity contribution in [2.24, 2.45) is 0 Å². The predicted molar refractivity (Wildman–Crippen MR) is 63.5 cm³/mol. The zero-order chi connectivity index (χ0) is 13.2. The van der Waals surface area contributed by atoms with E-state index < -0.39 is 11.5 Å². The van der Waals surface area contributed by atoms with Gasteiger partial charge >= 0.3 is 5.97 Å². The molecule has 2 amide bonds. The highest BCUT2D eigenvalue weighted by Gasteiger charge is 2.36. The number of amides is 2. The first-order valence-electron chi connectivity index (χ1n) is 5.12. The van der Waals surface area contributed by atoms with Crippen LogP contribution < -0.4 is 0 Å². The molecule has 0 radical (unpaired) electrons. The molecule has 96 valence electrons. The van der Waals surface area contributed by atoms with Gasteiger partial charge in [-0.25, -0.2) is 4.79 Å². The second-order valence-electron chi connectivity index (χ2n) is 4.39. The molecule has 0 saturated carbocycles. The first kappa shape index (κ1) is 13.8. The molecule has 1 saturated heterocycles. The molecule has 1 heterocycles. The summed E-state index contributed by atoms with van der Waals surface area (Å²) < 4.78 is 0. The summed E-state index contributed by atoms with van der Waals surface area (Å²) in [7, 11) is 1.43. The van der Waals surface area contributed by atoms with Crippen molar-refractivity contribution in [2.45, 2.75) is 19.4 Å². The van der Waals surface area contributed by atoms with Crippen LogP contribution in [-0.2, 0) is 14.4 Å². The molecule has 1 aliphatic heterocycles. The Balaban J connectivity index is 2.64. The molecule has 0 aromatic heterocycles. The topological polar surface area (TPSA) is 77.9 Å². The van der Waals surface area contributed by atoms with Crippen LogP contribution in [0.1, 0.15) is 13.8 Å². The van der Waals surface area contributed by atoms with Gasteiger partial charge in [-0.1, -0.05) is 0 Å². The Morgan fingerprint density at radius 1 is 1.53 bits per heavy atom. The number of nitrogens with zero attached hydrogens (tertiary/aromatic N) is 2. The minimum atomic E-state index is -1.27. The molecule has 0 bridgehead atoms. The average molecular weight is 260 g/mol. The molecule has 6 nitrogen and oxygen atoms in total. The number of likely N-dealkylation sites (N-methyl/N-ethyl adjacent to an activating group) is 1.